The van der Waals surface area contributed by atoms with Crippen LogP contribution in [0.3, 0.4) is 0 Å². The van der Waals surface area contributed by atoms with Crippen molar-refractivity contribution in [3.05, 3.63) is 48.5 Å². The highest BCUT2D eigenvalue weighted by atomic mass is 35.5. The van der Waals surface area contributed by atoms with E-state index in [4.69, 9.17) is 11.5 Å². The Morgan fingerprint density at radius 3 is 0.950 bits per heavy atom. The molecule has 0 heterocycles. The first-order valence-corrected chi connectivity index (χ1v) is 6.47. The summed E-state index contributed by atoms with van der Waals surface area (Å²) in [5.74, 6) is 0. The Balaban J connectivity index is 0.000000522. The Morgan fingerprint density at radius 2 is 0.750 bits per heavy atom. The first-order chi connectivity index (χ1) is 8.75. The first-order valence-electron chi connectivity index (χ1n) is 6.47. The molecule has 0 radical (unpaired) electrons. The van der Waals surface area contributed by atoms with E-state index in [9.17, 15) is 0 Å². The van der Waals surface area contributed by atoms with Gasteiger partial charge in [0.05, 0.1) is 0 Å². The average molecular weight is 313 g/mol. The molecule has 0 bridgehead atoms. The summed E-state index contributed by atoms with van der Waals surface area (Å²) >= 11 is 0. The summed E-state index contributed by atoms with van der Waals surface area (Å²) in [4.78, 5) is 0. The third-order valence-electron chi connectivity index (χ3n) is 3.15. The SMILES string of the molecule is C1CCC1.Cl.Cl.Nc1ccc(-c2ccc(N)cc2)cc1. The zero-order valence-electron chi connectivity index (χ0n) is 11.4. The fourth-order valence-corrected chi connectivity index (χ4v) is 1.60. The quantitative estimate of drug-likeness (QED) is 0.734. The summed E-state index contributed by atoms with van der Waals surface area (Å²) in [6.07, 6.45) is 6.00. The molecular formula is C16H22Cl2N2. The molecule has 0 amide bonds. The minimum Gasteiger partial charge on any atom is -0.399 e. The Kier molecular flexibility index (Phi) is 8.86. The predicted molar refractivity (Wildman–Crippen MR) is 93.7 cm³/mol. The maximum atomic E-state index is 5.61. The molecule has 20 heavy (non-hydrogen) atoms. The molecule has 0 unspecified atom stereocenters. The standard InChI is InChI=1S/C12H12N2.C4H8.2ClH/c13-11-5-1-9(2-6-11)10-3-7-12(14)8-4-10;1-2-4-3-1;;/h1-8H,13-14H2;1-4H2;2*1H. The largest absolute Gasteiger partial charge is 0.399 e. The van der Waals surface area contributed by atoms with Gasteiger partial charge in [-0.1, -0.05) is 49.9 Å². The van der Waals surface area contributed by atoms with Gasteiger partial charge in [-0.25, -0.2) is 0 Å². The van der Waals surface area contributed by atoms with E-state index in [-0.39, 0.29) is 24.8 Å². The molecule has 0 saturated heterocycles. The van der Waals surface area contributed by atoms with Gasteiger partial charge in [0.15, 0.2) is 0 Å². The Hall–Kier alpha value is -1.38. The molecule has 110 valence electrons. The average Bonchev–Trinajstić information content (AvgIpc) is 2.29. The number of halogens is 2. The summed E-state index contributed by atoms with van der Waals surface area (Å²) in [7, 11) is 0. The van der Waals surface area contributed by atoms with E-state index < -0.39 is 0 Å². The molecule has 0 spiro atoms. The van der Waals surface area contributed by atoms with E-state index in [2.05, 4.69) is 0 Å². The molecule has 1 aliphatic rings. The molecule has 1 fully saturated rings. The molecule has 1 aliphatic carbocycles. The van der Waals surface area contributed by atoms with E-state index in [0.29, 0.717) is 0 Å². The second kappa shape index (κ2) is 9.51. The lowest BCUT2D eigenvalue weighted by atomic mass is 10.0. The van der Waals surface area contributed by atoms with E-state index >= 15 is 0 Å². The highest BCUT2D eigenvalue weighted by Crippen LogP contribution is 2.21. The van der Waals surface area contributed by atoms with Gasteiger partial charge in [-0.3, -0.25) is 0 Å². The van der Waals surface area contributed by atoms with Crippen LogP contribution in [0.15, 0.2) is 48.5 Å². The van der Waals surface area contributed by atoms with Gasteiger partial charge in [0.2, 0.25) is 0 Å². The normalized spacial score (nSPS) is 11.8. The molecule has 4 N–H and O–H groups in total. The Labute approximate surface area is 133 Å². The van der Waals surface area contributed by atoms with Crippen molar-refractivity contribution in [2.24, 2.45) is 0 Å². The van der Waals surface area contributed by atoms with Gasteiger partial charge in [0.25, 0.3) is 0 Å². The lowest BCUT2D eigenvalue weighted by molar-refractivity contribution is 0.504. The van der Waals surface area contributed by atoms with Crippen LogP contribution in [0.2, 0.25) is 0 Å². The number of anilines is 2. The van der Waals surface area contributed by atoms with Crippen molar-refractivity contribution in [2.45, 2.75) is 25.7 Å². The van der Waals surface area contributed by atoms with Crippen molar-refractivity contribution in [3.63, 3.8) is 0 Å². The van der Waals surface area contributed by atoms with Crippen molar-refractivity contribution >= 4 is 36.2 Å². The van der Waals surface area contributed by atoms with Crippen LogP contribution < -0.4 is 11.5 Å². The smallest absolute Gasteiger partial charge is 0.0314 e. The second-order valence-electron chi connectivity index (χ2n) is 4.66. The molecular weight excluding hydrogens is 291 g/mol. The monoisotopic (exact) mass is 312 g/mol. The number of nitrogens with two attached hydrogens (primary N) is 2. The molecule has 1 saturated carbocycles. The maximum absolute atomic E-state index is 5.61. The molecule has 0 aliphatic heterocycles. The van der Waals surface area contributed by atoms with Gasteiger partial charge < -0.3 is 11.5 Å². The zero-order chi connectivity index (χ0) is 12.8. The fourth-order valence-electron chi connectivity index (χ4n) is 1.60. The third kappa shape index (κ3) is 5.72. The molecule has 4 heteroatoms. The van der Waals surface area contributed by atoms with Crippen LogP contribution in [0.4, 0.5) is 11.4 Å². The van der Waals surface area contributed by atoms with Crippen molar-refractivity contribution in [1.29, 1.82) is 0 Å². The van der Waals surface area contributed by atoms with Crippen LogP contribution in [0, 0.1) is 0 Å². The van der Waals surface area contributed by atoms with Gasteiger partial charge in [-0.15, -0.1) is 24.8 Å². The number of hydrogen-bond donors (Lipinski definition) is 2. The molecule has 2 nitrogen and oxygen atoms in total. The predicted octanol–water partition coefficient (Wildman–Crippen LogP) is 4.92. The molecule has 2 aromatic rings. The van der Waals surface area contributed by atoms with Gasteiger partial charge in [0, 0.05) is 11.4 Å². The lowest BCUT2D eigenvalue weighted by Gasteiger charge is -2.05. The topological polar surface area (TPSA) is 52.0 Å². The van der Waals surface area contributed by atoms with Crippen LogP contribution in [-0.2, 0) is 0 Å². The van der Waals surface area contributed by atoms with Crippen molar-refractivity contribution < 1.29 is 0 Å². The van der Waals surface area contributed by atoms with Crippen LogP contribution >= 0.6 is 24.8 Å². The highest BCUT2D eigenvalue weighted by Gasteiger charge is 1.96. The fraction of sp³-hybridized carbons (Fsp3) is 0.250. The van der Waals surface area contributed by atoms with Gasteiger partial charge in [-0.05, 0) is 35.4 Å². The second-order valence-corrected chi connectivity index (χ2v) is 4.66. The molecule has 0 aromatic heterocycles. The number of hydrogen-bond acceptors (Lipinski definition) is 2. The van der Waals surface area contributed by atoms with Gasteiger partial charge in [0.1, 0.15) is 0 Å². The number of rotatable bonds is 1. The summed E-state index contributed by atoms with van der Waals surface area (Å²) in [5, 5.41) is 0. The third-order valence-corrected chi connectivity index (χ3v) is 3.15. The van der Waals surface area contributed by atoms with E-state index in [1.54, 1.807) is 0 Å². The molecule has 0 atom stereocenters. The van der Waals surface area contributed by atoms with Crippen LogP contribution in [0.25, 0.3) is 11.1 Å². The minimum atomic E-state index is 0. The van der Waals surface area contributed by atoms with Gasteiger partial charge in [-0.2, -0.15) is 0 Å². The summed E-state index contributed by atoms with van der Waals surface area (Å²) < 4.78 is 0. The van der Waals surface area contributed by atoms with E-state index in [1.807, 2.05) is 48.5 Å². The highest BCUT2D eigenvalue weighted by molar-refractivity contribution is 5.85. The molecule has 3 rings (SSSR count). The summed E-state index contributed by atoms with van der Waals surface area (Å²) in [6, 6.07) is 15.6. The van der Waals surface area contributed by atoms with Crippen LogP contribution in [0.1, 0.15) is 25.7 Å². The van der Waals surface area contributed by atoms with Crippen LogP contribution in [-0.4, -0.2) is 0 Å². The van der Waals surface area contributed by atoms with Crippen LogP contribution in [0.5, 0.6) is 0 Å². The molecule has 2 aromatic carbocycles. The number of nitrogen functional groups attached to an aromatic ring is 2. The van der Waals surface area contributed by atoms with Crippen molar-refractivity contribution in [2.75, 3.05) is 11.5 Å². The Morgan fingerprint density at radius 1 is 0.500 bits per heavy atom. The van der Waals surface area contributed by atoms with E-state index in [0.717, 1.165) is 22.5 Å². The van der Waals surface area contributed by atoms with Crippen molar-refractivity contribution in [1.82, 2.24) is 0 Å². The van der Waals surface area contributed by atoms with Crippen molar-refractivity contribution in [3.8, 4) is 11.1 Å². The van der Waals surface area contributed by atoms with Gasteiger partial charge >= 0.3 is 0 Å². The first kappa shape index (κ1) is 18.6. The summed E-state index contributed by atoms with van der Waals surface area (Å²) in [5.41, 5.74) is 15.1. The Bertz CT molecular complexity index is 429. The minimum absolute atomic E-state index is 0. The summed E-state index contributed by atoms with van der Waals surface area (Å²) in [6.45, 7) is 0. The lowest BCUT2D eigenvalue weighted by Crippen LogP contribution is -1.85. The number of benzene rings is 2. The van der Waals surface area contributed by atoms with E-state index in [1.165, 1.54) is 25.7 Å². The zero-order valence-corrected chi connectivity index (χ0v) is 13.1. The maximum Gasteiger partial charge on any atom is 0.0314 e.